The third kappa shape index (κ3) is 6.05. The van der Waals surface area contributed by atoms with Gasteiger partial charge in [0.05, 0.1) is 0 Å². The first-order chi connectivity index (χ1) is 7.15. The summed E-state index contributed by atoms with van der Waals surface area (Å²) in [4.78, 5) is 3.96. The highest BCUT2D eigenvalue weighted by Crippen LogP contribution is 2.12. The van der Waals surface area contributed by atoms with Crippen LogP contribution in [-0.4, -0.2) is 13.3 Å². The van der Waals surface area contributed by atoms with Crippen molar-refractivity contribution in [1.82, 2.24) is 0 Å². The van der Waals surface area contributed by atoms with Crippen LogP contribution in [0.1, 0.15) is 40.0 Å². The van der Waals surface area contributed by atoms with Crippen LogP contribution in [0, 0.1) is 0 Å². The summed E-state index contributed by atoms with van der Waals surface area (Å²) < 4.78 is 0. The summed E-state index contributed by atoms with van der Waals surface area (Å²) in [6.07, 6.45) is 9.37. The van der Waals surface area contributed by atoms with Gasteiger partial charge in [0.15, 0.2) is 0 Å². The van der Waals surface area contributed by atoms with Crippen LogP contribution in [0.2, 0.25) is 0 Å². The monoisotopic (exact) mass is 205 g/mol. The predicted octanol–water partition coefficient (Wildman–Crippen LogP) is 4.33. The molecular formula is C14H23N. The van der Waals surface area contributed by atoms with Gasteiger partial charge in [-0.2, -0.15) is 0 Å². The number of allylic oxidation sites excluding steroid dienone is 5. The zero-order chi connectivity index (χ0) is 11.7. The van der Waals surface area contributed by atoms with Gasteiger partial charge in [0.2, 0.25) is 0 Å². The van der Waals surface area contributed by atoms with Crippen LogP contribution in [0.25, 0.3) is 0 Å². The Hall–Kier alpha value is -1.11. The lowest BCUT2D eigenvalue weighted by Gasteiger charge is -2.02. The van der Waals surface area contributed by atoms with Gasteiger partial charge in [-0.05, 0) is 30.9 Å². The zero-order valence-corrected chi connectivity index (χ0v) is 10.5. The minimum atomic E-state index is 0.847. The maximum Gasteiger partial charge on any atom is 0.0273 e. The minimum absolute atomic E-state index is 0.847. The normalized spacial score (nSPS) is 11.9. The van der Waals surface area contributed by atoms with Crippen molar-refractivity contribution in [3.8, 4) is 0 Å². The van der Waals surface area contributed by atoms with Gasteiger partial charge in [-0.1, -0.05) is 38.2 Å². The van der Waals surface area contributed by atoms with Crippen LogP contribution in [-0.2, 0) is 0 Å². The van der Waals surface area contributed by atoms with Crippen molar-refractivity contribution in [2.45, 2.75) is 40.0 Å². The molecule has 0 aliphatic heterocycles. The van der Waals surface area contributed by atoms with Crippen LogP contribution >= 0.6 is 0 Å². The van der Waals surface area contributed by atoms with E-state index in [9.17, 15) is 0 Å². The molecule has 1 heteroatoms. The van der Waals surface area contributed by atoms with E-state index in [0.29, 0.717) is 0 Å². The molecule has 0 N–H and O–H groups in total. The lowest BCUT2D eigenvalue weighted by atomic mass is 10.0. The van der Waals surface area contributed by atoms with Gasteiger partial charge in [-0.3, -0.25) is 0 Å². The first kappa shape index (κ1) is 13.9. The summed E-state index contributed by atoms with van der Waals surface area (Å²) in [6.45, 7) is 10.5. The first-order valence-corrected chi connectivity index (χ1v) is 5.60. The molecule has 0 aromatic carbocycles. The predicted molar refractivity (Wildman–Crippen MR) is 70.6 cm³/mol. The number of nitrogens with zero attached hydrogens (tertiary/aromatic N) is 1. The van der Waals surface area contributed by atoms with Gasteiger partial charge in [0, 0.05) is 19.7 Å². The highest BCUT2D eigenvalue weighted by atomic mass is 14.6. The van der Waals surface area contributed by atoms with Crippen molar-refractivity contribution in [1.29, 1.82) is 0 Å². The standard InChI is InChI=1S/C14H23N/c1-6-14(7-2)9-8-12(3)13(4)10-11-15-5/h8-9,11H,4,6-7,10H2,1-3,5H3/b12-8-,15-11+. The smallest absolute Gasteiger partial charge is 0.0273 e. The topological polar surface area (TPSA) is 12.4 Å². The highest BCUT2D eigenvalue weighted by molar-refractivity contribution is 5.62. The van der Waals surface area contributed by atoms with Crippen LogP contribution in [0.15, 0.2) is 40.4 Å². The first-order valence-electron chi connectivity index (χ1n) is 5.60. The van der Waals surface area contributed by atoms with E-state index in [4.69, 9.17) is 0 Å². The molecule has 0 aromatic heterocycles. The lowest BCUT2D eigenvalue weighted by Crippen LogP contribution is -1.85. The fourth-order valence-electron chi connectivity index (χ4n) is 1.21. The molecule has 0 rings (SSSR count). The highest BCUT2D eigenvalue weighted by Gasteiger charge is 1.94. The van der Waals surface area contributed by atoms with Crippen molar-refractivity contribution in [3.63, 3.8) is 0 Å². The maximum absolute atomic E-state index is 4.03. The molecule has 0 aromatic rings. The summed E-state index contributed by atoms with van der Waals surface area (Å²) in [5, 5.41) is 0. The molecule has 0 amide bonds. The minimum Gasteiger partial charge on any atom is -0.301 e. The van der Waals surface area contributed by atoms with E-state index in [2.05, 4.69) is 44.5 Å². The van der Waals surface area contributed by atoms with E-state index < -0.39 is 0 Å². The Morgan fingerprint density at radius 1 is 1.20 bits per heavy atom. The van der Waals surface area contributed by atoms with Crippen LogP contribution in [0.3, 0.4) is 0 Å². The Balaban J connectivity index is 4.42. The second-order valence-corrected chi connectivity index (χ2v) is 3.63. The molecule has 1 nitrogen and oxygen atoms in total. The van der Waals surface area contributed by atoms with Gasteiger partial charge in [0.25, 0.3) is 0 Å². The van der Waals surface area contributed by atoms with E-state index in [1.54, 1.807) is 7.05 Å². The Kier molecular flexibility index (Phi) is 7.61. The molecule has 0 spiro atoms. The lowest BCUT2D eigenvalue weighted by molar-refractivity contribution is 0.977. The molecule has 0 saturated carbocycles. The fraction of sp³-hybridized carbons (Fsp3) is 0.500. The third-order valence-corrected chi connectivity index (χ3v) is 2.56. The number of hydrogen-bond acceptors (Lipinski definition) is 1. The molecule has 0 radical (unpaired) electrons. The molecule has 0 atom stereocenters. The summed E-state index contributed by atoms with van der Waals surface area (Å²) >= 11 is 0. The largest absolute Gasteiger partial charge is 0.301 e. The summed E-state index contributed by atoms with van der Waals surface area (Å²) in [5.41, 5.74) is 3.86. The summed E-state index contributed by atoms with van der Waals surface area (Å²) in [7, 11) is 1.79. The SMILES string of the molecule is C=C(C/C=N/C)/C(C)=C\C=C(CC)CC. The summed E-state index contributed by atoms with van der Waals surface area (Å²) in [5.74, 6) is 0. The molecular weight excluding hydrogens is 182 g/mol. The van der Waals surface area contributed by atoms with Gasteiger partial charge in [0.1, 0.15) is 0 Å². The average molecular weight is 205 g/mol. The second kappa shape index (κ2) is 8.22. The van der Waals surface area contributed by atoms with Crippen molar-refractivity contribution in [2.75, 3.05) is 7.05 Å². The number of rotatable bonds is 6. The maximum atomic E-state index is 4.03. The molecule has 0 aliphatic carbocycles. The second-order valence-electron chi connectivity index (χ2n) is 3.63. The van der Waals surface area contributed by atoms with Gasteiger partial charge in [-0.25, -0.2) is 0 Å². The molecule has 0 unspecified atom stereocenters. The van der Waals surface area contributed by atoms with Gasteiger partial charge < -0.3 is 4.99 Å². The average Bonchev–Trinajstić information content (AvgIpc) is 2.26. The van der Waals surface area contributed by atoms with Crippen molar-refractivity contribution in [3.05, 3.63) is 35.5 Å². The fourth-order valence-corrected chi connectivity index (χ4v) is 1.21. The number of aliphatic imine (C=N–C) groups is 1. The quantitative estimate of drug-likeness (QED) is 0.452. The zero-order valence-electron chi connectivity index (χ0n) is 10.5. The summed E-state index contributed by atoms with van der Waals surface area (Å²) in [6, 6.07) is 0. The molecule has 0 heterocycles. The van der Waals surface area contributed by atoms with Crippen LogP contribution in [0.4, 0.5) is 0 Å². The Morgan fingerprint density at radius 2 is 1.80 bits per heavy atom. The Labute approximate surface area is 94.3 Å². The van der Waals surface area contributed by atoms with Crippen molar-refractivity contribution >= 4 is 6.21 Å². The van der Waals surface area contributed by atoms with Crippen LogP contribution < -0.4 is 0 Å². The third-order valence-electron chi connectivity index (χ3n) is 2.56. The Morgan fingerprint density at radius 3 is 2.27 bits per heavy atom. The van der Waals surface area contributed by atoms with Crippen molar-refractivity contribution < 1.29 is 0 Å². The molecule has 84 valence electrons. The van der Waals surface area contributed by atoms with E-state index in [1.807, 2.05) is 6.21 Å². The molecule has 0 saturated heterocycles. The van der Waals surface area contributed by atoms with E-state index in [0.717, 1.165) is 24.8 Å². The molecule has 0 aliphatic rings. The molecule has 0 fully saturated rings. The number of hydrogen-bond donors (Lipinski definition) is 0. The van der Waals surface area contributed by atoms with Crippen molar-refractivity contribution in [2.24, 2.45) is 4.99 Å². The van der Waals surface area contributed by atoms with Gasteiger partial charge in [-0.15, -0.1) is 0 Å². The Bertz CT molecular complexity index is 274. The molecule has 0 bridgehead atoms. The van der Waals surface area contributed by atoms with E-state index in [1.165, 1.54) is 11.1 Å². The van der Waals surface area contributed by atoms with Gasteiger partial charge >= 0.3 is 0 Å². The molecule has 15 heavy (non-hydrogen) atoms. The van der Waals surface area contributed by atoms with E-state index >= 15 is 0 Å². The van der Waals surface area contributed by atoms with E-state index in [-0.39, 0.29) is 0 Å². The van der Waals surface area contributed by atoms with Crippen LogP contribution in [0.5, 0.6) is 0 Å².